The predicted molar refractivity (Wildman–Crippen MR) is 79.7 cm³/mol. The van der Waals surface area contributed by atoms with Gasteiger partial charge in [-0.05, 0) is 53.3 Å². The monoisotopic (exact) mass is 405 g/mol. The fourth-order valence-electron chi connectivity index (χ4n) is 1.42. The number of aromatic amines is 1. The molecule has 1 aromatic heterocycles. The third-order valence-corrected chi connectivity index (χ3v) is 3.56. The maximum atomic E-state index is 11.4. The van der Waals surface area contributed by atoms with Crippen LogP contribution in [-0.4, -0.2) is 9.97 Å². The summed E-state index contributed by atoms with van der Waals surface area (Å²) in [4.78, 5) is 18.0. The molecule has 17 heavy (non-hydrogen) atoms. The summed E-state index contributed by atoms with van der Waals surface area (Å²) in [5, 5.41) is 3.13. The summed E-state index contributed by atoms with van der Waals surface area (Å²) in [5.41, 5.74) is 1.88. The molecule has 0 saturated heterocycles. The molecule has 4 nitrogen and oxygen atoms in total. The van der Waals surface area contributed by atoms with Gasteiger partial charge in [-0.2, -0.15) is 0 Å². The Morgan fingerprint density at radius 3 is 2.88 bits per heavy atom. The minimum absolute atomic E-state index is 0.144. The molecule has 0 aliphatic rings. The number of nitrogens with zero attached hydrogens (tertiary/aromatic N) is 1. The topological polar surface area (TPSA) is 57.8 Å². The molecule has 0 amide bonds. The smallest absolute Gasteiger partial charge is 0.266 e. The molecule has 0 aliphatic heterocycles. The Morgan fingerprint density at radius 2 is 2.18 bits per heavy atom. The molecule has 1 heterocycles. The first kappa shape index (κ1) is 12.6. The summed E-state index contributed by atoms with van der Waals surface area (Å²) in [6.45, 7) is 2.01. The number of aromatic nitrogens is 2. The van der Waals surface area contributed by atoms with Gasteiger partial charge in [-0.3, -0.25) is 4.79 Å². The highest BCUT2D eigenvalue weighted by Gasteiger charge is 2.05. The van der Waals surface area contributed by atoms with E-state index in [4.69, 9.17) is 0 Å². The first-order valence-electron chi connectivity index (χ1n) is 4.83. The number of hydrogen-bond acceptors (Lipinski definition) is 3. The molecule has 0 aliphatic carbocycles. The lowest BCUT2D eigenvalue weighted by Crippen LogP contribution is -2.12. The van der Waals surface area contributed by atoms with Crippen molar-refractivity contribution in [3.05, 3.63) is 48.5 Å². The van der Waals surface area contributed by atoms with Crippen LogP contribution < -0.4 is 10.9 Å². The van der Waals surface area contributed by atoms with E-state index in [1.54, 1.807) is 0 Å². The summed E-state index contributed by atoms with van der Waals surface area (Å²) < 4.78 is 1.53. The summed E-state index contributed by atoms with van der Waals surface area (Å²) in [6.07, 6.45) is 1.39. The van der Waals surface area contributed by atoms with Crippen LogP contribution in [0, 0.1) is 10.5 Å². The lowest BCUT2D eigenvalue weighted by Gasteiger charge is -2.08. The molecule has 6 heteroatoms. The van der Waals surface area contributed by atoms with E-state index in [2.05, 4.69) is 31.2 Å². The Hall–Kier alpha value is -0.890. The van der Waals surface area contributed by atoms with Crippen LogP contribution in [0.25, 0.3) is 0 Å². The molecule has 0 saturated carbocycles. The van der Waals surface area contributed by atoms with E-state index in [1.807, 2.05) is 47.7 Å². The van der Waals surface area contributed by atoms with Crippen LogP contribution in [0.4, 0.5) is 11.5 Å². The second-order valence-electron chi connectivity index (χ2n) is 3.54. The third kappa shape index (κ3) is 3.06. The van der Waals surface area contributed by atoms with E-state index in [1.165, 1.54) is 6.33 Å². The standard InChI is InChI=1S/C11H9BrIN3O/c1-6-2-7(12)4-8(3-6)16-10-9(13)11(17)15-5-14-10/h2-5H,1H3,(H2,14,15,16,17). The molecule has 0 fully saturated rings. The number of benzene rings is 1. The SMILES string of the molecule is Cc1cc(Br)cc(Nc2nc[nH]c(=O)c2I)c1. The third-order valence-electron chi connectivity index (χ3n) is 2.10. The minimum Gasteiger partial charge on any atom is -0.339 e. The zero-order valence-electron chi connectivity index (χ0n) is 8.92. The van der Waals surface area contributed by atoms with Gasteiger partial charge >= 0.3 is 0 Å². The maximum Gasteiger partial charge on any atom is 0.266 e. The van der Waals surface area contributed by atoms with Crippen LogP contribution in [0.2, 0.25) is 0 Å². The van der Waals surface area contributed by atoms with E-state index in [9.17, 15) is 4.79 Å². The van der Waals surface area contributed by atoms with Gasteiger partial charge in [0.1, 0.15) is 3.57 Å². The normalized spacial score (nSPS) is 10.3. The van der Waals surface area contributed by atoms with Crippen LogP contribution >= 0.6 is 38.5 Å². The molecule has 2 aromatic rings. The lowest BCUT2D eigenvalue weighted by molar-refractivity contribution is 1.10. The Morgan fingerprint density at radius 1 is 1.41 bits per heavy atom. The number of H-pyrrole nitrogens is 1. The van der Waals surface area contributed by atoms with Gasteiger partial charge in [0, 0.05) is 10.2 Å². The van der Waals surface area contributed by atoms with Crippen LogP contribution in [0.3, 0.4) is 0 Å². The number of hydrogen-bond donors (Lipinski definition) is 2. The Bertz CT molecular complexity index is 592. The summed E-state index contributed by atoms with van der Waals surface area (Å²) in [5.74, 6) is 0.562. The molecule has 0 atom stereocenters. The first-order valence-corrected chi connectivity index (χ1v) is 6.71. The minimum atomic E-state index is -0.144. The van der Waals surface area contributed by atoms with Crippen molar-refractivity contribution in [1.29, 1.82) is 0 Å². The van der Waals surface area contributed by atoms with Crippen molar-refractivity contribution >= 4 is 50.0 Å². The summed E-state index contributed by atoms with van der Waals surface area (Å²) in [6, 6.07) is 5.94. The molecular weight excluding hydrogens is 397 g/mol. The van der Waals surface area contributed by atoms with Gasteiger partial charge in [-0.15, -0.1) is 0 Å². The van der Waals surface area contributed by atoms with Gasteiger partial charge in [-0.25, -0.2) is 4.98 Å². The van der Waals surface area contributed by atoms with Crippen molar-refractivity contribution < 1.29 is 0 Å². The fourth-order valence-corrected chi connectivity index (χ4v) is 2.45. The highest BCUT2D eigenvalue weighted by atomic mass is 127. The van der Waals surface area contributed by atoms with Crippen molar-refractivity contribution in [2.75, 3.05) is 5.32 Å². The van der Waals surface area contributed by atoms with Crippen LogP contribution in [-0.2, 0) is 0 Å². The van der Waals surface area contributed by atoms with Gasteiger partial charge in [0.05, 0.1) is 6.33 Å². The second-order valence-corrected chi connectivity index (χ2v) is 5.53. The van der Waals surface area contributed by atoms with Crippen LogP contribution in [0.1, 0.15) is 5.56 Å². The average molecular weight is 406 g/mol. The summed E-state index contributed by atoms with van der Waals surface area (Å²) >= 11 is 5.40. The first-order chi connectivity index (χ1) is 8.06. The fraction of sp³-hybridized carbons (Fsp3) is 0.0909. The molecule has 88 valence electrons. The largest absolute Gasteiger partial charge is 0.339 e. The lowest BCUT2D eigenvalue weighted by atomic mass is 10.2. The number of aryl methyl sites for hydroxylation is 1. The molecular formula is C11H9BrIN3O. The maximum absolute atomic E-state index is 11.4. The second kappa shape index (κ2) is 5.18. The number of halogens is 2. The van der Waals surface area contributed by atoms with E-state index in [-0.39, 0.29) is 5.56 Å². The molecule has 0 unspecified atom stereocenters. The van der Waals surface area contributed by atoms with Gasteiger partial charge in [0.2, 0.25) is 0 Å². The van der Waals surface area contributed by atoms with E-state index in [0.717, 1.165) is 15.7 Å². The Kier molecular flexibility index (Phi) is 3.82. The number of nitrogens with one attached hydrogen (secondary N) is 2. The van der Waals surface area contributed by atoms with E-state index < -0.39 is 0 Å². The number of anilines is 2. The van der Waals surface area contributed by atoms with E-state index >= 15 is 0 Å². The molecule has 0 radical (unpaired) electrons. The highest BCUT2D eigenvalue weighted by molar-refractivity contribution is 14.1. The van der Waals surface area contributed by atoms with Crippen molar-refractivity contribution in [3.63, 3.8) is 0 Å². The van der Waals surface area contributed by atoms with E-state index in [0.29, 0.717) is 9.39 Å². The Balaban J connectivity index is 2.38. The molecule has 1 aromatic carbocycles. The highest BCUT2D eigenvalue weighted by Crippen LogP contribution is 2.22. The van der Waals surface area contributed by atoms with Crippen molar-refractivity contribution in [3.8, 4) is 0 Å². The quantitative estimate of drug-likeness (QED) is 0.754. The van der Waals surface area contributed by atoms with Crippen LogP contribution in [0.5, 0.6) is 0 Å². The van der Waals surface area contributed by atoms with Crippen molar-refractivity contribution in [2.45, 2.75) is 6.92 Å². The van der Waals surface area contributed by atoms with Gasteiger partial charge in [0.25, 0.3) is 5.56 Å². The molecule has 2 N–H and O–H groups in total. The zero-order valence-corrected chi connectivity index (χ0v) is 12.7. The predicted octanol–water partition coefficient (Wildman–Crippen LogP) is 3.19. The van der Waals surface area contributed by atoms with Gasteiger partial charge in [-0.1, -0.05) is 15.9 Å². The zero-order chi connectivity index (χ0) is 12.4. The van der Waals surface area contributed by atoms with Gasteiger partial charge in [0.15, 0.2) is 5.82 Å². The number of rotatable bonds is 2. The molecule has 0 spiro atoms. The van der Waals surface area contributed by atoms with Crippen molar-refractivity contribution in [2.24, 2.45) is 0 Å². The van der Waals surface area contributed by atoms with Crippen molar-refractivity contribution in [1.82, 2.24) is 9.97 Å². The average Bonchev–Trinajstić information content (AvgIpc) is 2.23. The summed E-state index contributed by atoms with van der Waals surface area (Å²) in [7, 11) is 0. The Labute approximate surface area is 120 Å². The molecule has 2 rings (SSSR count). The van der Waals surface area contributed by atoms with Crippen LogP contribution in [0.15, 0.2) is 33.8 Å². The van der Waals surface area contributed by atoms with Gasteiger partial charge < -0.3 is 10.3 Å². The molecule has 0 bridgehead atoms.